The number of halogens is 2. The highest BCUT2D eigenvalue weighted by Crippen LogP contribution is 2.34. The molecule has 0 saturated heterocycles. The maximum absolute atomic E-state index is 13.7. The fraction of sp³-hybridized carbons (Fsp3) is 0.391. The molecule has 0 bridgehead atoms. The van der Waals surface area contributed by atoms with Crippen molar-refractivity contribution in [2.75, 3.05) is 6.61 Å². The molecule has 0 N–H and O–H groups in total. The highest BCUT2D eigenvalue weighted by Gasteiger charge is 2.25. The first-order chi connectivity index (χ1) is 15.5. The van der Waals surface area contributed by atoms with Crippen molar-refractivity contribution in [1.29, 1.82) is 0 Å². The predicted octanol–water partition coefficient (Wildman–Crippen LogP) is 4.36. The van der Waals surface area contributed by atoms with E-state index in [9.17, 15) is 13.6 Å². The third-order valence-corrected chi connectivity index (χ3v) is 5.95. The third kappa shape index (κ3) is 3.83. The number of nitrogens with zero attached hydrogens (tertiary/aromatic N) is 5. The summed E-state index contributed by atoms with van der Waals surface area (Å²) in [5, 5.41) is 9.85. The summed E-state index contributed by atoms with van der Waals surface area (Å²) in [6.07, 6.45) is 4.29. The highest BCUT2D eigenvalue weighted by atomic mass is 19.3. The van der Waals surface area contributed by atoms with Crippen molar-refractivity contribution in [2.45, 2.75) is 44.4 Å². The zero-order valence-corrected chi connectivity index (χ0v) is 17.7. The zero-order valence-electron chi connectivity index (χ0n) is 17.7. The number of aryl methyl sites for hydroxylation is 1. The number of ether oxygens (including phenoxy) is 1. The van der Waals surface area contributed by atoms with Gasteiger partial charge < -0.3 is 4.74 Å². The molecule has 0 unspecified atom stereocenters. The van der Waals surface area contributed by atoms with Gasteiger partial charge in [0.15, 0.2) is 6.61 Å². The van der Waals surface area contributed by atoms with Crippen LogP contribution in [-0.4, -0.2) is 37.6 Å². The van der Waals surface area contributed by atoms with Crippen molar-refractivity contribution in [2.24, 2.45) is 7.05 Å². The number of aromatic nitrogens is 5. The minimum atomic E-state index is -2.60. The predicted molar refractivity (Wildman–Crippen MR) is 117 cm³/mol. The Morgan fingerprint density at radius 1 is 1.09 bits per heavy atom. The van der Waals surface area contributed by atoms with E-state index in [-0.39, 0.29) is 17.4 Å². The molecule has 1 aliphatic rings. The van der Waals surface area contributed by atoms with Crippen molar-refractivity contribution in [3.8, 4) is 11.6 Å². The van der Waals surface area contributed by atoms with Crippen LogP contribution in [0.5, 0.6) is 5.88 Å². The Kier molecular flexibility index (Phi) is 5.32. The van der Waals surface area contributed by atoms with Crippen LogP contribution >= 0.6 is 0 Å². The molecule has 5 rings (SSSR count). The van der Waals surface area contributed by atoms with Gasteiger partial charge in [-0.05, 0) is 43.0 Å². The second-order valence-electron chi connectivity index (χ2n) is 8.23. The number of hydrogen-bond donors (Lipinski definition) is 0. The second kappa shape index (κ2) is 8.29. The van der Waals surface area contributed by atoms with Crippen molar-refractivity contribution in [1.82, 2.24) is 24.5 Å². The number of benzene rings is 1. The van der Waals surface area contributed by atoms with Crippen LogP contribution in [0.15, 0.2) is 41.3 Å². The third-order valence-electron chi connectivity index (χ3n) is 5.95. The van der Waals surface area contributed by atoms with Gasteiger partial charge in [-0.3, -0.25) is 9.48 Å². The van der Waals surface area contributed by atoms with Crippen LogP contribution in [0.1, 0.15) is 43.6 Å². The van der Waals surface area contributed by atoms with E-state index in [1.807, 2.05) is 31.4 Å². The monoisotopic (exact) mass is 439 g/mol. The van der Waals surface area contributed by atoms with Gasteiger partial charge in [0.1, 0.15) is 11.0 Å². The summed E-state index contributed by atoms with van der Waals surface area (Å²) < 4.78 is 33.5. The van der Waals surface area contributed by atoms with Crippen LogP contribution in [0.25, 0.3) is 27.6 Å². The lowest BCUT2D eigenvalue weighted by atomic mass is 9.84. The summed E-state index contributed by atoms with van der Waals surface area (Å²) in [7, 11) is 1.85. The molecule has 7 nitrogen and oxygen atoms in total. The van der Waals surface area contributed by atoms with E-state index in [1.54, 1.807) is 10.7 Å². The Morgan fingerprint density at radius 2 is 1.88 bits per heavy atom. The molecule has 1 aliphatic carbocycles. The minimum Gasteiger partial charge on any atom is -0.472 e. The van der Waals surface area contributed by atoms with Gasteiger partial charge in [-0.2, -0.15) is 14.9 Å². The Labute approximate surface area is 182 Å². The molecule has 0 atom stereocenters. The molecular formula is C23H23F2N5O2. The van der Waals surface area contributed by atoms with E-state index in [0.29, 0.717) is 22.3 Å². The van der Waals surface area contributed by atoms with Gasteiger partial charge in [0.2, 0.25) is 5.88 Å². The molecular weight excluding hydrogens is 416 g/mol. The van der Waals surface area contributed by atoms with Crippen LogP contribution in [0.4, 0.5) is 8.78 Å². The van der Waals surface area contributed by atoms with Crippen LogP contribution in [0.3, 0.4) is 0 Å². The first kappa shape index (κ1) is 20.5. The number of pyridine rings is 1. The molecule has 0 aliphatic heterocycles. The van der Waals surface area contributed by atoms with E-state index in [0.717, 1.165) is 43.0 Å². The maximum atomic E-state index is 13.7. The first-order valence-corrected chi connectivity index (χ1v) is 10.8. The number of hydrogen-bond acceptors (Lipinski definition) is 5. The van der Waals surface area contributed by atoms with Crippen molar-refractivity contribution in [3.05, 3.63) is 52.4 Å². The van der Waals surface area contributed by atoms with Crippen molar-refractivity contribution in [3.63, 3.8) is 0 Å². The van der Waals surface area contributed by atoms with Gasteiger partial charge in [-0.1, -0.05) is 19.3 Å². The highest BCUT2D eigenvalue weighted by molar-refractivity contribution is 5.81. The maximum Gasteiger partial charge on any atom is 0.277 e. The fourth-order valence-electron chi connectivity index (χ4n) is 4.51. The second-order valence-corrected chi connectivity index (χ2v) is 8.23. The van der Waals surface area contributed by atoms with Crippen LogP contribution < -0.4 is 10.3 Å². The van der Waals surface area contributed by atoms with E-state index in [1.165, 1.54) is 10.7 Å². The van der Waals surface area contributed by atoms with Gasteiger partial charge in [0.05, 0.1) is 16.8 Å². The SMILES string of the molecule is Cn1cc2cc(-n3nc4ccc(OCC(F)F)nc4c(C4CCCCC4)c3=O)ccc2n1. The van der Waals surface area contributed by atoms with Gasteiger partial charge in [0.25, 0.3) is 12.0 Å². The molecule has 1 fully saturated rings. The number of fused-ring (bicyclic) bond motifs is 2. The van der Waals surface area contributed by atoms with E-state index in [4.69, 9.17) is 4.74 Å². The minimum absolute atomic E-state index is 0.0490. The molecule has 9 heteroatoms. The Bertz CT molecular complexity index is 1340. The van der Waals surface area contributed by atoms with Crippen LogP contribution in [0, 0.1) is 0 Å². The van der Waals surface area contributed by atoms with Crippen molar-refractivity contribution < 1.29 is 13.5 Å². The fourth-order valence-corrected chi connectivity index (χ4v) is 4.51. The van der Waals surface area contributed by atoms with Gasteiger partial charge in [0, 0.05) is 24.7 Å². The van der Waals surface area contributed by atoms with Gasteiger partial charge in [-0.15, -0.1) is 0 Å². The van der Waals surface area contributed by atoms with E-state index >= 15 is 0 Å². The summed E-state index contributed by atoms with van der Waals surface area (Å²) in [4.78, 5) is 18.1. The molecule has 166 valence electrons. The molecule has 3 aromatic heterocycles. The van der Waals surface area contributed by atoms with Crippen LogP contribution in [0.2, 0.25) is 0 Å². The molecule has 32 heavy (non-hydrogen) atoms. The normalized spacial score (nSPS) is 15.1. The lowest BCUT2D eigenvalue weighted by Gasteiger charge is -2.23. The molecule has 1 aromatic carbocycles. The largest absolute Gasteiger partial charge is 0.472 e. The molecule has 0 amide bonds. The Balaban J connectivity index is 1.68. The standard InChI is InChI=1S/C23H23F2N5O2/c1-29-12-15-11-16(7-8-17(15)27-29)30-23(31)21(14-5-3-2-4-6-14)22-18(28-30)9-10-20(26-22)32-13-19(24)25/h7-12,14,19H,2-6,13H2,1H3. The quantitative estimate of drug-likeness (QED) is 0.462. The summed E-state index contributed by atoms with van der Waals surface area (Å²) >= 11 is 0. The molecule has 0 radical (unpaired) electrons. The van der Waals surface area contributed by atoms with Gasteiger partial charge in [-0.25, -0.2) is 13.8 Å². The summed E-state index contributed by atoms with van der Waals surface area (Å²) in [5.74, 6) is 0.124. The number of rotatable bonds is 5. The molecule has 3 heterocycles. The first-order valence-electron chi connectivity index (χ1n) is 10.8. The van der Waals surface area contributed by atoms with Crippen LogP contribution in [-0.2, 0) is 7.05 Å². The molecule has 0 spiro atoms. The average molecular weight is 439 g/mol. The topological polar surface area (TPSA) is 74.8 Å². The summed E-state index contributed by atoms with van der Waals surface area (Å²) in [6, 6.07) is 8.77. The lowest BCUT2D eigenvalue weighted by molar-refractivity contribution is 0.0797. The number of alkyl halides is 2. The van der Waals surface area contributed by atoms with Crippen molar-refractivity contribution >= 4 is 21.9 Å². The van der Waals surface area contributed by atoms with Gasteiger partial charge >= 0.3 is 0 Å². The summed E-state index contributed by atoms with van der Waals surface area (Å²) in [5.41, 5.74) is 2.80. The lowest BCUT2D eigenvalue weighted by Crippen LogP contribution is -2.28. The zero-order chi connectivity index (χ0) is 22.2. The smallest absolute Gasteiger partial charge is 0.277 e. The average Bonchev–Trinajstić information content (AvgIpc) is 3.17. The Hall–Kier alpha value is -3.36. The Morgan fingerprint density at radius 3 is 2.66 bits per heavy atom. The van der Waals surface area contributed by atoms with E-state index in [2.05, 4.69) is 15.2 Å². The molecule has 1 saturated carbocycles. The summed E-state index contributed by atoms with van der Waals surface area (Å²) in [6.45, 7) is -0.743. The molecule has 4 aromatic rings. The van der Waals surface area contributed by atoms with E-state index < -0.39 is 13.0 Å².